The molecule has 0 spiro atoms. The first kappa shape index (κ1) is 15.4. The van der Waals surface area contributed by atoms with E-state index in [1.807, 2.05) is 32.0 Å². The highest BCUT2D eigenvalue weighted by Gasteiger charge is 2.24. The lowest BCUT2D eigenvalue weighted by Gasteiger charge is -2.23. The molecule has 4 nitrogen and oxygen atoms in total. The van der Waals surface area contributed by atoms with Crippen molar-refractivity contribution in [3.63, 3.8) is 0 Å². The maximum Gasteiger partial charge on any atom is 0.264 e. The molecule has 0 aliphatic carbocycles. The standard InChI is InChI=1S/C16H20N2O2S/c1-4-13-9-10-14(17)11-16(13)21(19,20)18(3)15-8-6-5-7-12(15)2/h5-11H,4,17H2,1-3H3. The van der Waals surface area contributed by atoms with Crippen LogP contribution >= 0.6 is 0 Å². The second-order valence-electron chi connectivity index (χ2n) is 4.98. The first-order valence-electron chi connectivity index (χ1n) is 6.81. The summed E-state index contributed by atoms with van der Waals surface area (Å²) in [5.41, 5.74) is 8.56. The monoisotopic (exact) mass is 304 g/mol. The average molecular weight is 304 g/mol. The van der Waals surface area contributed by atoms with Gasteiger partial charge in [-0.05, 0) is 42.7 Å². The number of nitrogens with two attached hydrogens (primary N) is 1. The minimum absolute atomic E-state index is 0.274. The van der Waals surface area contributed by atoms with Gasteiger partial charge in [-0.15, -0.1) is 0 Å². The number of rotatable bonds is 4. The molecular formula is C16H20N2O2S. The summed E-state index contributed by atoms with van der Waals surface area (Å²) in [5.74, 6) is 0. The van der Waals surface area contributed by atoms with Gasteiger partial charge >= 0.3 is 0 Å². The van der Waals surface area contributed by atoms with Crippen LogP contribution in [0.1, 0.15) is 18.1 Å². The summed E-state index contributed by atoms with van der Waals surface area (Å²) in [6.45, 7) is 3.82. The van der Waals surface area contributed by atoms with Crippen LogP contribution in [0.5, 0.6) is 0 Å². The van der Waals surface area contributed by atoms with E-state index in [2.05, 4.69) is 0 Å². The summed E-state index contributed by atoms with van der Waals surface area (Å²) in [6.07, 6.45) is 0.635. The Hall–Kier alpha value is -2.01. The molecule has 2 N–H and O–H groups in total. The molecule has 0 fully saturated rings. The fourth-order valence-electron chi connectivity index (χ4n) is 2.30. The van der Waals surface area contributed by atoms with E-state index in [1.54, 1.807) is 25.2 Å². The van der Waals surface area contributed by atoms with Gasteiger partial charge < -0.3 is 5.73 Å². The molecule has 112 valence electrons. The zero-order chi connectivity index (χ0) is 15.6. The van der Waals surface area contributed by atoms with Crippen LogP contribution in [0.4, 0.5) is 11.4 Å². The molecular weight excluding hydrogens is 284 g/mol. The molecule has 2 aromatic carbocycles. The van der Waals surface area contributed by atoms with Crippen molar-refractivity contribution in [2.75, 3.05) is 17.1 Å². The van der Waals surface area contributed by atoms with Crippen LogP contribution in [0.2, 0.25) is 0 Å². The largest absolute Gasteiger partial charge is 0.399 e. The third-order valence-corrected chi connectivity index (χ3v) is 5.42. The van der Waals surface area contributed by atoms with Gasteiger partial charge in [-0.2, -0.15) is 0 Å². The highest BCUT2D eigenvalue weighted by Crippen LogP contribution is 2.28. The lowest BCUT2D eigenvalue weighted by molar-refractivity contribution is 0.593. The maximum absolute atomic E-state index is 12.9. The fourth-order valence-corrected chi connectivity index (χ4v) is 3.88. The second-order valence-corrected chi connectivity index (χ2v) is 6.92. The van der Waals surface area contributed by atoms with E-state index in [0.717, 1.165) is 11.1 Å². The van der Waals surface area contributed by atoms with Crippen LogP contribution < -0.4 is 10.0 Å². The number of sulfonamides is 1. The van der Waals surface area contributed by atoms with Gasteiger partial charge in [0.2, 0.25) is 0 Å². The molecule has 0 aliphatic rings. The number of benzene rings is 2. The van der Waals surface area contributed by atoms with Crippen molar-refractivity contribution in [1.82, 2.24) is 0 Å². The number of nitrogens with zero attached hydrogens (tertiary/aromatic N) is 1. The van der Waals surface area contributed by atoms with Crippen molar-refractivity contribution in [1.29, 1.82) is 0 Å². The Labute approximate surface area is 126 Å². The number of hydrogen-bond donors (Lipinski definition) is 1. The molecule has 2 aromatic rings. The Morgan fingerprint density at radius 3 is 2.43 bits per heavy atom. The van der Waals surface area contributed by atoms with Crippen LogP contribution in [0.3, 0.4) is 0 Å². The molecule has 0 aliphatic heterocycles. The summed E-state index contributed by atoms with van der Waals surface area (Å²) >= 11 is 0. The summed E-state index contributed by atoms with van der Waals surface area (Å²) in [5, 5.41) is 0. The highest BCUT2D eigenvalue weighted by molar-refractivity contribution is 7.92. The molecule has 0 saturated heterocycles. The van der Waals surface area contributed by atoms with E-state index >= 15 is 0 Å². The highest BCUT2D eigenvalue weighted by atomic mass is 32.2. The summed E-state index contributed by atoms with van der Waals surface area (Å²) in [6, 6.07) is 12.4. The Bertz CT molecular complexity index is 755. The molecule has 0 aromatic heterocycles. The van der Waals surface area contributed by atoms with Crippen LogP contribution in [-0.4, -0.2) is 15.5 Å². The summed E-state index contributed by atoms with van der Waals surface area (Å²) in [7, 11) is -2.06. The molecule has 0 unspecified atom stereocenters. The van der Waals surface area contributed by atoms with Crippen molar-refractivity contribution < 1.29 is 8.42 Å². The van der Waals surface area contributed by atoms with E-state index < -0.39 is 10.0 Å². The van der Waals surface area contributed by atoms with Gasteiger partial charge in [0.25, 0.3) is 10.0 Å². The quantitative estimate of drug-likeness (QED) is 0.883. The number of anilines is 2. The normalized spacial score (nSPS) is 11.4. The Morgan fingerprint density at radius 2 is 1.81 bits per heavy atom. The van der Waals surface area contributed by atoms with Crippen molar-refractivity contribution in [2.24, 2.45) is 0 Å². The second kappa shape index (κ2) is 5.77. The maximum atomic E-state index is 12.9. The predicted molar refractivity (Wildman–Crippen MR) is 87.0 cm³/mol. The van der Waals surface area contributed by atoms with Crippen molar-refractivity contribution >= 4 is 21.4 Å². The van der Waals surface area contributed by atoms with Gasteiger partial charge in [0.1, 0.15) is 0 Å². The molecule has 0 atom stereocenters. The number of hydrogen-bond acceptors (Lipinski definition) is 3. The Kier molecular flexibility index (Phi) is 4.23. The van der Waals surface area contributed by atoms with Crippen LogP contribution in [0.15, 0.2) is 47.4 Å². The Balaban J connectivity index is 2.57. The molecule has 0 heterocycles. The van der Waals surface area contributed by atoms with Gasteiger partial charge in [-0.1, -0.05) is 31.2 Å². The topological polar surface area (TPSA) is 63.4 Å². The van der Waals surface area contributed by atoms with E-state index in [1.165, 1.54) is 10.4 Å². The molecule has 2 rings (SSSR count). The van der Waals surface area contributed by atoms with Crippen molar-refractivity contribution in [2.45, 2.75) is 25.2 Å². The third kappa shape index (κ3) is 2.88. The average Bonchev–Trinajstić information content (AvgIpc) is 2.47. The van der Waals surface area contributed by atoms with Crippen molar-refractivity contribution in [3.8, 4) is 0 Å². The zero-order valence-electron chi connectivity index (χ0n) is 12.5. The van der Waals surface area contributed by atoms with E-state index in [9.17, 15) is 8.42 Å². The molecule has 5 heteroatoms. The smallest absolute Gasteiger partial charge is 0.264 e. The first-order valence-corrected chi connectivity index (χ1v) is 8.25. The first-order chi connectivity index (χ1) is 9.87. The molecule has 0 saturated carbocycles. The van der Waals surface area contributed by atoms with Crippen molar-refractivity contribution in [3.05, 3.63) is 53.6 Å². The summed E-state index contributed by atoms with van der Waals surface area (Å²) in [4.78, 5) is 0.274. The molecule has 0 radical (unpaired) electrons. The molecule has 21 heavy (non-hydrogen) atoms. The Morgan fingerprint density at radius 1 is 1.14 bits per heavy atom. The van der Waals surface area contributed by atoms with Gasteiger partial charge in [0.05, 0.1) is 10.6 Å². The minimum Gasteiger partial charge on any atom is -0.399 e. The van der Waals surface area contributed by atoms with Crippen LogP contribution in [0.25, 0.3) is 0 Å². The lowest BCUT2D eigenvalue weighted by atomic mass is 10.1. The summed E-state index contributed by atoms with van der Waals surface area (Å²) < 4.78 is 27.1. The zero-order valence-corrected chi connectivity index (χ0v) is 13.3. The van der Waals surface area contributed by atoms with Crippen LogP contribution in [0, 0.1) is 6.92 Å². The number of para-hydroxylation sites is 1. The third-order valence-electron chi connectivity index (χ3n) is 3.57. The molecule has 0 bridgehead atoms. The fraction of sp³-hybridized carbons (Fsp3) is 0.250. The number of aryl methyl sites for hydroxylation is 2. The van der Waals surface area contributed by atoms with E-state index in [4.69, 9.17) is 5.73 Å². The number of nitrogen functional groups attached to an aromatic ring is 1. The minimum atomic E-state index is -3.63. The van der Waals surface area contributed by atoms with Gasteiger partial charge in [0.15, 0.2) is 0 Å². The van der Waals surface area contributed by atoms with Crippen LogP contribution in [-0.2, 0) is 16.4 Å². The van der Waals surface area contributed by atoms with Gasteiger partial charge in [0, 0.05) is 12.7 Å². The van der Waals surface area contributed by atoms with Gasteiger partial charge in [-0.25, -0.2) is 8.42 Å². The van der Waals surface area contributed by atoms with E-state index in [-0.39, 0.29) is 4.90 Å². The predicted octanol–water partition coefficient (Wildman–Crippen LogP) is 2.96. The lowest BCUT2D eigenvalue weighted by Crippen LogP contribution is -2.28. The SMILES string of the molecule is CCc1ccc(N)cc1S(=O)(=O)N(C)c1ccccc1C. The van der Waals surface area contributed by atoms with E-state index in [0.29, 0.717) is 17.8 Å². The molecule has 0 amide bonds. The van der Waals surface area contributed by atoms with Gasteiger partial charge in [-0.3, -0.25) is 4.31 Å².